The van der Waals surface area contributed by atoms with E-state index < -0.39 is 41.8 Å². The fourth-order valence-electron chi connectivity index (χ4n) is 5.51. The monoisotopic (exact) mass is 640 g/mol. The molecule has 12 heteroatoms. The van der Waals surface area contributed by atoms with Gasteiger partial charge < -0.3 is 25.2 Å². The van der Waals surface area contributed by atoms with Gasteiger partial charge in [-0.15, -0.1) is 11.3 Å². The van der Waals surface area contributed by atoms with E-state index in [9.17, 15) is 24.3 Å². The fourth-order valence-corrected chi connectivity index (χ4v) is 6.37. The van der Waals surface area contributed by atoms with E-state index in [1.165, 1.54) is 28.5 Å². The van der Waals surface area contributed by atoms with Gasteiger partial charge in [0, 0.05) is 29.8 Å². The van der Waals surface area contributed by atoms with Gasteiger partial charge in [-0.1, -0.05) is 39.0 Å². The Morgan fingerprint density at radius 3 is 2.62 bits per heavy atom. The molecule has 2 aliphatic heterocycles. The van der Waals surface area contributed by atoms with Gasteiger partial charge in [0.15, 0.2) is 0 Å². The van der Waals surface area contributed by atoms with Crippen LogP contribution in [0.3, 0.4) is 0 Å². The van der Waals surface area contributed by atoms with Crippen molar-refractivity contribution in [1.82, 2.24) is 21.1 Å². The van der Waals surface area contributed by atoms with E-state index in [2.05, 4.69) is 16.1 Å². The van der Waals surface area contributed by atoms with Crippen LogP contribution in [0, 0.1) is 11.8 Å². The molecule has 0 unspecified atom stereocenters. The Kier molecular flexibility index (Phi) is 12.1. The third-order valence-corrected chi connectivity index (χ3v) is 9.19. The molecule has 1 aromatic carbocycles. The number of carbonyl (C=O) groups is 4. The van der Waals surface area contributed by atoms with Gasteiger partial charge in [0.1, 0.15) is 30.5 Å². The summed E-state index contributed by atoms with van der Waals surface area (Å²) in [5, 5.41) is 17.1. The van der Waals surface area contributed by atoms with Crippen molar-refractivity contribution in [2.75, 3.05) is 13.7 Å². The van der Waals surface area contributed by atoms with E-state index >= 15 is 0 Å². The lowest BCUT2D eigenvalue weighted by Gasteiger charge is -2.35. The van der Waals surface area contributed by atoms with Gasteiger partial charge in [0.2, 0.25) is 11.8 Å². The maximum absolute atomic E-state index is 13.9. The van der Waals surface area contributed by atoms with E-state index in [0.29, 0.717) is 37.8 Å². The second-order valence-electron chi connectivity index (χ2n) is 11.9. The van der Waals surface area contributed by atoms with Crippen LogP contribution < -0.4 is 16.1 Å². The molecule has 4 bridgehead atoms. The molecule has 3 amide bonds. The lowest BCUT2D eigenvalue weighted by atomic mass is 9.96. The van der Waals surface area contributed by atoms with Crippen LogP contribution in [0.2, 0.25) is 0 Å². The zero-order valence-corrected chi connectivity index (χ0v) is 27.1. The number of hydrogen-bond acceptors (Lipinski definition) is 9. The maximum Gasteiger partial charge on any atom is 0.325 e. The number of phenolic OH excluding ortho intramolecular Hbond substituents is 1. The highest BCUT2D eigenvalue weighted by molar-refractivity contribution is 7.12. The molecule has 4 N–H and O–H groups in total. The molecular weight excluding hydrogens is 596 g/mol. The second-order valence-corrected chi connectivity index (χ2v) is 13.1. The van der Waals surface area contributed by atoms with Crippen LogP contribution in [0.15, 0.2) is 42.5 Å². The lowest BCUT2D eigenvalue weighted by Crippen LogP contribution is -2.62. The van der Waals surface area contributed by atoms with Gasteiger partial charge in [-0.2, -0.15) is 0 Å². The van der Waals surface area contributed by atoms with Crippen LogP contribution >= 0.6 is 11.3 Å². The first-order chi connectivity index (χ1) is 21.5. The summed E-state index contributed by atoms with van der Waals surface area (Å²) in [6.45, 7) is 5.87. The Hall–Kier alpha value is -3.74. The Balaban J connectivity index is 1.63. The zero-order chi connectivity index (χ0) is 32.5. The molecule has 2 aromatic rings. The Morgan fingerprint density at radius 1 is 1.09 bits per heavy atom. The minimum absolute atomic E-state index is 0.0333. The predicted octanol–water partition coefficient (Wildman–Crippen LogP) is 3.32. The van der Waals surface area contributed by atoms with Crippen molar-refractivity contribution in [2.24, 2.45) is 11.8 Å². The fraction of sp³-hybridized carbons (Fsp3) is 0.515. The molecule has 4 rings (SSSR count). The van der Waals surface area contributed by atoms with E-state index in [1.54, 1.807) is 26.2 Å². The summed E-state index contributed by atoms with van der Waals surface area (Å²) in [6.07, 6.45) is 6.06. The normalized spacial score (nSPS) is 26.7. The van der Waals surface area contributed by atoms with E-state index in [4.69, 9.17) is 9.47 Å². The maximum atomic E-state index is 13.9. The van der Waals surface area contributed by atoms with Crippen LogP contribution in [0.25, 0.3) is 6.08 Å². The molecule has 5 atom stereocenters. The number of rotatable bonds is 4. The van der Waals surface area contributed by atoms with Crippen molar-refractivity contribution >= 4 is 41.1 Å². The number of thiophene rings is 1. The Bertz CT molecular complexity index is 1380. The van der Waals surface area contributed by atoms with Crippen molar-refractivity contribution < 1.29 is 33.8 Å². The molecule has 11 nitrogen and oxygen atoms in total. The smallest absolute Gasteiger partial charge is 0.325 e. The van der Waals surface area contributed by atoms with Gasteiger partial charge >= 0.3 is 5.97 Å². The number of hydrazine groups is 1. The van der Waals surface area contributed by atoms with E-state index in [0.717, 1.165) is 9.75 Å². The van der Waals surface area contributed by atoms with Gasteiger partial charge in [-0.3, -0.25) is 24.2 Å². The van der Waals surface area contributed by atoms with Gasteiger partial charge in [-0.05, 0) is 67.5 Å². The number of hydrogen-bond donors (Lipinski definition) is 4. The second kappa shape index (κ2) is 16.0. The standard InChI is InChI=1S/C33H44N4O7S/c1-20(2)29-31(40)34-27(18-22-9-7-10-23(38)17-22)32(41)37-16-8-12-26(36-37)33(42)44-19-25-15-14-24(45-25)11-5-6-13-28(43-4)21(3)30(39)35-29/h5,7,9-11,14-15,17,20-21,26-29,36,38H,6,8,12-13,16,18-19H2,1-4H3,(H,34,40)(H,35,39)/b11-5+/t21-,26+,27+,28-,29+/m1/s1. The molecular formula is C33H44N4O7S. The number of esters is 1. The Labute approximate surface area is 268 Å². The number of cyclic esters (lactones) is 1. The zero-order valence-electron chi connectivity index (χ0n) is 26.3. The highest BCUT2D eigenvalue weighted by Gasteiger charge is 2.36. The number of fused-ring (bicyclic) bond motifs is 4. The van der Waals surface area contributed by atoms with Crippen molar-refractivity contribution in [3.05, 3.63) is 57.8 Å². The molecule has 0 aliphatic carbocycles. The largest absolute Gasteiger partial charge is 0.508 e. The molecule has 0 spiro atoms. The third kappa shape index (κ3) is 9.38. The van der Waals surface area contributed by atoms with Gasteiger partial charge in [-0.25, -0.2) is 5.43 Å². The number of aromatic hydroxyl groups is 1. The average molecular weight is 641 g/mol. The van der Waals surface area contributed by atoms with Crippen LogP contribution in [-0.2, 0) is 41.7 Å². The number of amides is 3. The molecule has 244 valence electrons. The minimum Gasteiger partial charge on any atom is -0.508 e. The summed E-state index contributed by atoms with van der Waals surface area (Å²) in [7, 11) is 1.57. The molecule has 0 saturated carbocycles. The van der Waals surface area contributed by atoms with Crippen LogP contribution in [0.1, 0.15) is 61.8 Å². The van der Waals surface area contributed by atoms with Crippen molar-refractivity contribution in [3.63, 3.8) is 0 Å². The summed E-state index contributed by atoms with van der Waals surface area (Å²) in [4.78, 5) is 55.9. The van der Waals surface area contributed by atoms with Crippen molar-refractivity contribution in [1.29, 1.82) is 0 Å². The molecule has 1 aromatic heterocycles. The highest BCUT2D eigenvalue weighted by Crippen LogP contribution is 2.22. The summed E-state index contributed by atoms with van der Waals surface area (Å²) < 4.78 is 11.3. The van der Waals surface area contributed by atoms with Crippen LogP contribution in [0.5, 0.6) is 5.75 Å². The third-order valence-electron chi connectivity index (χ3n) is 8.16. The van der Waals surface area contributed by atoms with Crippen LogP contribution in [0.4, 0.5) is 0 Å². The van der Waals surface area contributed by atoms with E-state index in [-0.39, 0.29) is 36.7 Å². The van der Waals surface area contributed by atoms with Gasteiger partial charge in [0.05, 0.1) is 12.0 Å². The Morgan fingerprint density at radius 2 is 1.89 bits per heavy atom. The number of benzene rings is 1. The highest BCUT2D eigenvalue weighted by atomic mass is 32.1. The first-order valence-corrected chi connectivity index (χ1v) is 16.3. The number of nitrogens with zero attached hydrogens (tertiary/aromatic N) is 1. The number of allylic oxidation sites excluding steroid dienone is 1. The van der Waals surface area contributed by atoms with E-state index in [1.807, 2.05) is 38.1 Å². The first-order valence-electron chi connectivity index (χ1n) is 15.5. The molecule has 2 aliphatic rings. The number of ether oxygens (including phenoxy) is 2. The predicted molar refractivity (Wildman–Crippen MR) is 171 cm³/mol. The summed E-state index contributed by atoms with van der Waals surface area (Å²) in [5.74, 6) is -2.51. The lowest BCUT2D eigenvalue weighted by molar-refractivity contribution is -0.154. The first kappa shape index (κ1) is 34.1. The minimum atomic E-state index is -1.04. The van der Waals surface area contributed by atoms with Crippen molar-refractivity contribution in [2.45, 2.75) is 83.7 Å². The molecule has 3 heterocycles. The average Bonchev–Trinajstić information content (AvgIpc) is 3.48. The molecule has 45 heavy (non-hydrogen) atoms. The quantitative estimate of drug-likeness (QED) is 0.373. The summed E-state index contributed by atoms with van der Waals surface area (Å²) in [5.41, 5.74) is 3.64. The molecule has 0 radical (unpaired) electrons. The number of phenols is 1. The summed E-state index contributed by atoms with van der Waals surface area (Å²) in [6, 6.07) is 7.67. The SMILES string of the molecule is CO[C@@H]1CC/C=C/c2ccc(s2)COC(=O)[C@@H]2CCCN(N2)C(=O)[C@H](Cc2cccc(O)c2)NC(=O)[C@H](C(C)C)NC(=O)[C@@H]1C. The molecule has 1 fully saturated rings. The molecule has 1 saturated heterocycles. The number of nitrogens with one attached hydrogen (secondary N) is 3. The number of methoxy groups -OCH3 is 1. The summed E-state index contributed by atoms with van der Waals surface area (Å²) >= 11 is 1.52. The number of carbonyl (C=O) groups excluding carboxylic acids is 4. The topological polar surface area (TPSA) is 146 Å². The van der Waals surface area contributed by atoms with Crippen LogP contribution in [-0.4, -0.2) is 71.7 Å². The van der Waals surface area contributed by atoms with Crippen molar-refractivity contribution in [3.8, 4) is 5.75 Å². The van der Waals surface area contributed by atoms with Gasteiger partial charge in [0.25, 0.3) is 5.91 Å².